The maximum absolute atomic E-state index is 11.9. The van der Waals surface area contributed by atoms with Crippen LogP contribution in [0, 0.1) is 13.8 Å². The molecule has 0 spiro atoms. The molecule has 2 aromatic heterocycles. The highest BCUT2D eigenvalue weighted by Gasteiger charge is 2.15. The predicted molar refractivity (Wildman–Crippen MR) is 66.1 cm³/mol. The molecule has 5 nitrogen and oxygen atoms in total. The van der Waals surface area contributed by atoms with E-state index in [4.69, 9.17) is 4.42 Å². The van der Waals surface area contributed by atoms with Gasteiger partial charge in [0.05, 0.1) is 17.9 Å². The van der Waals surface area contributed by atoms with Gasteiger partial charge in [-0.3, -0.25) is 9.78 Å². The molecule has 0 aliphatic carbocycles. The number of amides is 1. The second kappa shape index (κ2) is 5.00. The fraction of sp³-hybridized carbons (Fsp3) is 0.308. The number of carbonyl (C=O) groups is 1. The van der Waals surface area contributed by atoms with Crippen LogP contribution in [-0.2, 0) is 0 Å². The zero-order chi connectivity index (χ0) is 13.1. The maximum Gasteiger partial charge on any atom is 0.272 e. The van der Waals surface area contributed by atoms with Gasteiger partial charge in [0.2, 0.25) is 0 Å². The molecule has 0 aliphatic heterocycles. The molecule has 1 N–H and O–H groups in total. The van der Waals surface area contributed by atoms with Crippen LogP contribution in [0.15, 0.2) is 28.9 Å². The summed E-state index contributed by atoms with van der Waals surface area (Å²) in [5.74, 6) is 1.28. The first-order chi connectivity index (χ1) is 8.56. The van der Waals surface area contributed by atoms with E-state index < -0.39 is 0 Å². The van der Waals surface area contributed by atoms with Gasteiger partial charge in [0.15, 0.2) is 0 Å². The van der Waals surface area contributed by atoms with Crippen LogP contribution in [0.25, 0.3) is 0 Å². The van der Waals surface area contributed by atoms with Crippen molar-refractivity contribution in [3.05, 3.63) is 47.4 Å². The molecule has 1 amide bonds. The van der Waals surface area contributed by atoms with Crippen LogP contribution < -0.4 is 5.32 Å². The van der Waals surface area contributed by atoms with Crippen molar-refractivity contribution in [3.8, 4) is 0 Å². The monoisotopic (exact) mass is 245 g/mol. The number of nitrogens with zero attached hydrogens (tertiary/aromatic N) is 2. The van der Waals surface area contributed by atoms with Gasteiger partial charge in [0.1, 0.15) is 17.2 Å². The van der Waals surface area contributed by atoms with E-state index in [0.29, 0.717) is 5.69 Å². The van der Waals surface area contributed by atoms with Crippen LogP contribution in [0.1, 0.15) is 40.7 Å². The van der Waals surface area contributed by atoms with E-state index in [1.165, 1.54) is 6.20 Å². The van der Waals surface area contributed by atoms with Gasteiger partial charge < -0.3 is 9.73 Å². The SMILES string of the molecule is Cc1cnc(C(=O)N[C@@H](C)c2ccc(C)o2)cn1. The van der Waals surface area contributed by atoms with E-state index in [1.54, 1.807) is 6.20 Å². The van der Waals surface area contributed by atoms with Gasteiger partial charge in [-0.2, -0.15) is 0 Å². The smallest absolute Gasteiger partial charge is 0.272 e. The number of furan rings is 1. The number of nitrogens with one attached hydrogen (secondary N) is 1. The summed E-state index contributed by atoms with van der Waals surface area (Å²) >= 11 is 0. The first-order valence-electron chi connectivity index (χ1n) is 5.72. The summed E-state index contributed by atoms with van der Waals surface area (Å²) in [7, 11) is 0. The largest absolute Gasteiger partial charge is 0.464 e. The van der Waals surface area contributed by atoms with Gasteiger partial charge in [0.25, 0.3) is 5.91 Å². The quantitative estimate of drug-likeness (QED) is 0.899. The Balaban J connectivity index is 2.05. The number of aromatic nitrogens is 2. The molecule has 0 aliphatic rings. The number of aryl methyl sites for hydroxylation is 2. The summed E-state index contributed by atoms with van der Waals surface area (Å²) in [6.07, 6.45) is 3.03. The molecule has 0 saturated carbocycles. The minimum Gasteiger partial charge on any atom is -0.464 e. The highest BCUT2D eigenvalue weighted by molar-refractivity contribution is 5.92. The Kier molecular flexibility index (Phi) is 3.41. The first-order valence-corrected chi connectivity index (χ1v) is 5.72. The number of hydrogen-bond donors (Lipinski definition) is 1. The van der Waals surface area contributed by atoms with Gasteiger partial charge >= 0.3 is 0 Å². The van der Waals surface area contributed by atoms with Crippen molar-refractivity contribution >= 4 is 5.91 Å². The Morgan fingerprint density at radius 3 is 2.61 bits per heavy atom. The molecule has 5 heteroatoms. The van der Waals surface area contributed by atoms with E-state index in [9.17, 15) is 4.79 Å². The summed E-state index contributed by atoms with van der Waals surface area (Å²) in [4.78, 5) is 20.0. The zero-order valence-corrected chi connectivity index (χ0v) is 10.6. The van der Waals surface area contributed by atoms with Crippen molar-refractivity contribution in [2.45, 2.75) is 26.8 Å². The standard InChI is InChI=1S/C13H15N3O2/c1-8-6-15-11(7-14-8)13(17)16-10(3)12-5-4-9(2)18-12/h4-7,10H,1-3H3,(H,16,17)/t10-/m0/s1. The van der Waals surface area contributed by atoms with E-state index in [0.717, 1.165) is 17.2 Å². The van der Waals surface area contributed by atoms with Gasteiger partial charge in [-0.15, -0.1) is 0 Å². The van der Waals surface area contributed by atoms with Crippen molar-refractivity contribution in [1.29, 1.82) is 0 Å². The molecule has 0 bridgehead atoms. The zero-order valence-electron chi connectivity index (χ0n) is 10.6. The van der Waals surface area contributed by atoms with Crippen LogP contribution in [0.4, 0.5) is 0 Å². The summed E-state index contributed by atoms with van der Waals surface area (Å²) in [6.45, 7) is 5.55. The maximum atomic E-state index is 11.9. The highest BCUT2D eigenvalue weighted by Crippen LogP contribution is 2.15. The van der Waals surface area contributed by atoms with Crippen LogP contribution in [0.5, 0.6) is 0 Å². The summed E-state index contributed by atoms with van der Waals surface area (Å²) in [6, 6.07) is 3.51. The van der Waals surface area contributed by atoms with Crippen LogP contribution in [-0.4, -0.2) is 15.9 Å². The molecular weight excluding hydrogens is 230 g/mol. The van der Waals surface area contributed by atoms with Gasteiger partial charge in [-0.25, -0.2) is 4.98 Å². The van der Waals surface area contributed by atoms with Crippen molar-refractivity contribution < 1.29 is 9.21 Å². The summed E-state index contributed by atoms with van der Waals surface area (Å²) < 4.78 is 5.45. The fourth-order valence-corrected chi connectivity index (χ4v) is 1.54. The number of hydrogen-bond acceptors (Lipinski definition) is 4. The highest BCUT2D eigenvalue weighted by atomic mass is 16.3. The fourth-order valence-electron chi connectivity index (χ4n) is 1.54. The Morgan fingerprint density at radius 2 is 2.06 bits per heavy atom. The van der Waals surface area contributed by atoms with Gasteiger partial charge in [0, 0.05) is 6.20 Å². The van der Waals surface area contributed by atoms with E-state index in [-0.39, 0.29) is 11.9 Å². The van der Waals surface area contributed by atoms with E-state index in [2.05, 4.69) is 15.3 Å². The minimum atomic E-state index is -0.260. The lowest BCUT2D eigenvalue weighted by molar-refractivity contribution is 0.0929. The molecule has 94 valence electrons. The molecule has 1 atom stereocenters. The molecule has 0 unspecified atom stereocenters. The normalized spacial score (nSPS) is 12.2. The lowest BCUT2D eigenvalue weighted by Gasteiger charge is -2.10. The Bertz CT molecular complexity index is 546. The van der Waals surface area contributed by atoms with E-state index >= 15 is 0 Å². The molecule has 0 saturated heterocycles. The summed E-state index contributed by atoms with van der Waals surface area (Å²) in [5.41, 5.74) is 1.08. The topological polar surface area (TPSA) is 68.0 Å². The predicted octanol–water partition coefficient (Wildman–Crippen LogP) is 2.18. The molecular formula is C13H15N3O2. The molecule has 2 aromatic rings. The third kappa shape index (κ3) is 2.74. The second-order valence-corrected chi connectivity index (χ2v) is 4.19. The molecule has 18 heavy (non-hydrogen) atoms. The second-order valence-electron chi connectivity index (χ2n) is 4.19. The van der Waals surface area contributed by atoms with Gasteiger partial charge in [-0.05, 0) is 32.9 Å². The average Bonchev–Trinajstić information content (AvgIpc) is 2.76. The molecule has 2 rings (SSSR count). The van der Waals surface area contributed by atoms with Crippen molar-refractivity contribution in [2.75, 3.05) is 0 Å². The minimum absolute atomic E-state index is 0.200. The van der Waals surface area contributed by atoms with Crippen LogP contribution >= 0.6 is 0 Å². The molecule has 0 radical (unpaired) electrons. The Labute approximate surface area is 105 Å². The number of rotatable bonds is 3. The Morgan fingerprint density at radius 1 is 1.28 bits per heavy atom. The van der Waals surface area contributed by atoms with Crippen molar-refractivity contribution in [2.24, 2.45) is 0 Å². The average molecular weight is 245 g/mol. The van der Waals surface area contributed by atoms with Crippen molar-refractivity contribution in [3.63, 3.8) is 0 Å². The van der Waals surface area contributed by atoms with E-state index in [1.807, 2.05) is 32.9 Å². The molecule has 0 aromatic carbocycles. The lowest BCUT2D eigenvalue weighted by atomic mass is 10.2. The van der Waals surface area contributed by atoms with Crippen molar-refractivity contribution in [1.82, 2.24) is 15.3 Å². The Hall–Kier alpha value is -2.17. The molecule has 0 fully saturated rings. The number of carbonyl (C=O) groups excluding carboxylic acids is 1. The first kappa shape index (κ1) is 12.3. The van der Waals surface area contributed by atoms with Gasteiger partial charge in [-0.1, -0.05) is 0 Å². The third-order valence-corrected chi connectivity index (χ3v) is 2.55. The molecule has 2 heterocycles. The third-order valence-electron chi connectivity index (χ3n) is 2.55. The lowest BCUT2D eigenvalue weighted by Crippen LogP contribution is -2.27. The van der Waals surface area contributed by atoms with Crippen LogP contribution in [0.3, 0.4) is 0 Å². The van der Waals surface area contributed by atoms with Crippen LogP contribution in [0.2, 0.25) is 0 Å². The summed E-state index contributed by atoms with van der Waals surface area (Å²) in [5, 5.41) is 2.81.